The van der Waals surface area contributed by atoms with Crippen LogP contribution in [0.15, 0.2) is 23.0 Å². The predicted octanol–water partition coefficient (Wildman–Crippen LogP) is 0.555. The summed E-state index contributed by atoms with van der Waals surface area (Å²) in [6.45, 7) is 8.24. The minimum Gasteiger partial charge on any atom is -0.481 e. The van der Waals surface area contributed by atoms with E-state index < -0.39 is 125 Å². The van der Waals surface area contributed by atoms with E-state index in [9.17, 15) is 54.9 Å². The number of carboxylic acids is 2. The van der Waals surface area contributed by atoms with Crippen LogP contribution in [0.25, 0.3) is 0 Å². The number of ketones is 1. The molecule has 16 heteroatoms. The van der Waals surface area contributed by atoms with E-state index in [2.05, 4.69) is 0 Å². The van der Waals surface area contributed by atoms with Crippen molar-refractivity contribution in [1.82, 2.24) is 0 Å². The molecule has 280 valence electrons. The van der Waals surface area contributed by atoms with Gasteiger partial charge in [0.25, 0.3) is 0 Å². The first kappa shape index (κ1) is 38.3. The summed E-state index contributed by atoms with van der Waals surface area (Å²) in [5.74, 6) is -5.77. The fourth-order valence-corrected chi connectivity index (χ4v) is 10.0. The molecule has 2 aliphatic carbocycles. The number of furan rings is 1. The van der Waals surface area contributed by atoms with Crippen molar-refractivity contribution in [2.45, 2.75) is 127 Å². The van der Waals surface area contributed by atoms with Crippen LogP contribution < -0.4 is 0 Å². The Kier molecular flexibility index (Phi) is 9.89. The average molecular weight is 713 g/mol. The first-order valence-electron chi connectivity index (χ1n) is 16.7. The number of carbonyl (C=O) groups is 4. The molecule has 2 saturated heterocycles. The Morgan fingerprint density at radius 3 is 2.24 bits per heavy atom. The number of carbonyl (C=O) groups excluding carboxylic acids is 2. The number of Topliss-reactive ketones (excluding diaryl/α,β-unsaturated/α-hetero) is 1. The van der Waals surface area contributed by atoms with Gasteiger partial charge in [0.2, 0.25) is 0 Å². The number of ether oxygens (including phenoxy) is 4. The van der Waals surface area contributed by atoms with Crippen molar-refractivity contribution in [3.63, 3.8) is 0 Å². The molecule has 4 fully saturated rings. The molecule has 0 amide bonds. The molecule has 0 aromatic carbocycles. The Morgan fingerprint density at radius 1 is 1.08 bits per heavy atom. The van der Waals surface area contributed by atoms with Gasteiger partial charge in [0, 0.05) is 35.7 Å². The Labute approximate surface area is 288 Å². The van der Waals surface area contributed by atoms with Gasteiger partial charge in [-0.25, -0.2) is 4.79 Å². The van der Waals surface area contributed by atoms with E-state index in [1.807, 2.05) is 0 Å². The number of fused-ring (bicyclic) bond motifs is 2. The maximum Gasteiger partial charge on any atom is 0.335 e. The second-order valence-electron chi connectivity index (χ2n) is 15.4. The summed E-state index contributed by atoms with van der Waals surface area (Å²) < 4.78 is 29.4. The summed E-state index contributed by atoms with van der Waals surface area (Å²) in [5.41, 5.74) is -7.74. The summed E-state index contributed by atoms with van der Waals surface area (Å²) in [4.78, 5) is 52.3. The van der Waals surface area contributed by atoms with Crippen molar-refractivity contribution in [2.24, 2.45) is 28.1 Å². The fourth-order valence-electron chi connectivity index (χ4n) is 10.0. The Hall–Kier alpha value is -2.96. The Bertz CT molecular complexity index is 1450. The lowest BCUT2D eigenvalue weighted by Gasteiger charge is -2.66. The molecule has 1 aromatic rings. The minimum absolute atomic E-state index is 0.0472. The molecule has 5 rings (SSSR count). The number of epoxide rings is 1. The van der Waals surface area contributed by atoms with Crippen molar-refractivity contribution in [3.8, 4) is 0 Å². The average Bonchev–Trinajstić information content (AvgIpc) is 3.58. The Balaban J connectivity index is 1.70. The number of aliphatic hydroxyl groups is 5. The number of aliphatic carboxylic acids is 2. The smallest absolute Gasteiger partial charge is 0.335 e. The molecule has 3 heterocycles. The van der Waals surface area contributed by atoms with Crippen LogP contribution in [0.3, 0.4) is 0 Å². The third-order valence-electron chi connectivity index (χ3n) is 12.3. The van der Waals surface area contributed by atoms with Crippen molar-refractivity contribution in [2.75, 3.05) is 6.61 Å². The first-order chi connectivity index (χ1) is 23.1. The van der Waals surface area contributed by atoms with Crippen molar-refractivity contribution >= 4 is 23.7 Å². The van der Waals surface area contributed by atoms with Gasteiger partial charge in [-0.1, -0.05) is 13.8 Å². The molecule has 7 N–H and O–H groups in total. The van der Waals surface area contributed by atoms with Gasteiger partial charge in [-0.2, -0.15) is 0 Å². The first-order valence-corrected chi connectivity index (χ1v) is 16.7. The van der Waals surface area contributed by atoms with Gasteiger partial charge in [-0.3, -0.25) is 14.4 Å². The number of carboxylic acid groups (broad SMARTS) is 2. The van der Waals surface area contributed by atoms with Gasteiger partial charge in [-0.15, -0.1) is 0 Å². The van der Waals surface area contributed by atoms with Gasteiger partial charge in [0.15, 0.2) is 12.4 Å². The van der Waals surface area contributed by atoms with Gasteiger partial charge >= 0.3 is 17.9 Å². The number of rotatable bonds is 11. The molecule has 14 atom stereocenters. The zero-order valence-electron chi connectivity index (χ0n) is 28.8. The highest BCUT2D eigenvalue weighted by Gasteiger charge is 2.86. The molecular formula is C34H48O16. The summed E-state index contributed by atoms with van der Waals surface area (Å²) in [5, 5.41) is 73.6. The van der Waals surface area contributed by atoms with Gasteiger partial charge in [0.1, 0.15) is 41.9 Å². The zero-order valence-corrected chi connectivity index (χ0v) is 28.8. The highest BCUT2D eigenvalue weighted by molar-refractivity contribution is 5.92. The van der Waals surface area contributed by atoms with Crippen LogP contribution in [0.5, 0.6) is 0 Å². The molecule has 1 spiro atoms. The third kappa shape index (κ3) is 5.59. The molecule has 2 aliphatic heterocycles. The largest absolute Gasteiger partial charge is 0.481 e. The van der Waals surface area contributed by atoms with Crippen LogP contribution >= 0.6 is 0 Å². The lowest BCUT2D eigenvalue weighted by Crippen LogP contribution is -2.72. The van der Waals surface area contributed by atoms with Gasteiger partial charge in [-0.05, 0) is 45.6 Å². The quantitative estimate of drug-likeness (QED) is 0.122. The van der Waals surface area contributed by atoms with Crippen LogP contribution in [0.1, 0.15) is 78.9 Å². The van der Waals surface area contributed by atoms with Crippen LogP contribution in [-0.4, -0.2) is 120 Å². The minimum atomic E-state index is -1.88. The van der Waals surface area contributed by atoms with Gasteiger partial charge < -0.3 is 59.1 Å². The summed E-state index contributed by atoms with van der Waals surface area (Å²) in [6, 6.07) is 1.53. The SMILES string of the molecule is CC(=O)O[C@@H](CC(=O)O)[C@]1(C)C2CC[C@@](C)([C@@H](O[C@@H]3O[C@H](CO)[C@@H](O)[C@H](O)[C@H]3O)c3ccoc3)[C@@]3(O[C@H]3C(=O)O)[C@]2(C)C(=O)C[C@H]1C(C)(C)O. The van der Waals surface area contributed by atoms with E-state index in [0.29, 0.717) is 5.56 Å². The van der Waals surface area contributed by atoms with Crippen molar-refractivity contribution in [1.29, 1.82) is 0 Å². The normalized spacial score (nSPS) is 42.7. The van der Waals surface area contributed by atoms with Crippen LogP contribution in [-0.2, 0) is 38.1 Å². The summed E-state index contributed by atoms with van der Waals surface area (Å²) >= 11 is 0. The van der Waals surface area contributed by atoms with E-state index in [4.69, 9.17) is 23.4 Å². The van der Waals surface area contributed by atoms with Crippen LogP contribution in [0.4, 0.5) is 0 Å². The van der Waals surface area contributed by atoms with Gasteiger partial charge in [0.05, 0.1) is 42.7 Å². The second kappa shape index (κ2) is 12.9. The third-order valence-corrected chi connectivity index (χ3v) is 12.3. The molecule has 1 aromatic heterocycles. The standard InChI is InChI=1S/C34H48O16/c1-15(36)47-21(12-22(38)39)32(5)18-7-9-31(4,34(27(50-34)28(43)44)33(18,6)20(37)11-19(32)30(2,3)45)26(16-8-10-46-14-16)49-29-25(42)24(41)23(40)17(13-35)48-29/h8,10,14,17-19,21,23-27,29,35,40-42,45H,7,9,11-13H2,1-6H3,(H,38,39)(H,43,44)/t17-,18?,19+,21+,23-,24+,25-,26+,27+,29+,31+,32-,33+,34-/m1/s1. The van der Waals surface area contributed by atoms with Crippen LogP contribution in [0.2, 0.25) is 0 Å². The molecule has 0 bridgehead atoms. The fraction of sp³-hybridized carbons (Fsp3) is 0.765. The molecule has 50 heavy (non-hydrogen) atoms. The predicted molar refractivity (Wildman–Crippen MR) is 166 cm³/mol. The number of hydrogen-bond acceptors (Lipinski definition) is 14. The lowest BCUT2D eigenvalue weighted by atomic mass is 9.37. The van der Waals surface area contributed by atoms with E-state index in [1.54, 1.807) is 20.8 Å². The molecule has 1 unspecified atom stereocenters. The Morgan fingerprint density at radius 2 is 1.74 bits per heavy atom. The molecular weight excluding hydrogens is 664 g/mol. The monoisotopic (exact) mass is 712 g/mol. The van der Waals surface area contributed by atoms with Crippen molar-refractivity contribution in [3.05, 3.63) is 24.2 Å². The maximum atomic E-state index is 14.8. The van der Waals surface area contributed by atoms with Crippen molar-refractivity contribution < 1.29 is 78.3 Å². The molecule has 16 nitrogen and oxygen atoms in total. The second-order valence-corrected chi connectivity index (χ2v) is 15.4. The van der Waals surface area contributed by atoms with E-state index in [1.165, 1.54) is 32.4 Å². The maximum absolute atomic E-state index is 14.8. The van der Waals surface area contributed by atoms with Crippen LogP contribution in [0, 0.1) is 28.1 Å². The number of hydrogen-bond donors (Lipinski definition) is 7. The number of aliphatic hydroxyl groups excluding tert-OH is 4. The molecule has 2 saturated carbocycles. The topological polar surface area (TPSA) is 263 Å². The zero-order chi connectivity index (χ0) is 37.4. The highest BCUT2D eigenvalue weighted by Crippen LogP contribution is 2.77. The molecule has 4 aliphatic rings. The van der Waals surface area contributed by atoms with E-state index in [-0.39, 0.29) is 19.3 Å². The van der Waals surface area contributed by atoms with E-state index in [0.717, 1.165) is 6.92 Å². The highest BCUT2D eigenvalue weighted by atomic mass is 16.7. The summed E-state index contributed by atoms with van der Waals surface area (Å²) in [6.07, 6.45) is -10.7. The molecule has 0 radical (unpaired) electrons. The van der Waals surface area contributed by atoms with E-state index >= 15 is 0 Å². The number of esters is 1. The lowest BCUT2D eigenvalue weighted by molar-refractivity contribution is -0.329. The summed E-state index contributed by atoms with van der Waals surface area (Å²) in [7, 11) is 0.